The highest BCUT2D eigenvalue weighted by atomic mass is 15.3. The molecule has 0 radical (unpaired) electrons. The third kappa shape index (κ3) is 3.90. The van der Waals surface area contributed by atoms with Crippen LogP contribution in [0.2, 0.25) is 0 Å². The fraction of sp³-hybridized carbons (Fsp3) is 0.348. The molecule has 1 aromatic carbocycles. The molecule has 0 unspecified atom stereocenters. The first-order valence-electron chi connectivity index (χ1n) is 9.94. The smallest absolute Gasteiger partial charge is 0.252 e. The van der Waals surface area contributed by atoms with Gasteiger partial charge in [0, 0.05) is 24.7 Å². The van der Waals surface area contributed by atoms with Crippen molar-refractivity contribution in [2.45, 2.75) is 32.6 Å². The predicted molar refractivity (Wildman–Crippen MR) is 113 cm³/mol. The molecule has 144 valence electrons. The normalized spacial score (nSPS) is 19.4. The Morgan fingerprint density at radius 1 is 1.32 bits per heavy atom. The number of benzene rings is 1. The number of likely N-dealkylation sites (tertiary alicyclic amines) is 1. The monoisotopic (exact) mass is 373 g/mol. The first-order valence-corrected chi connectivity index (χ1v) is 9.94. The van der Waals surface area contributed by atoms with Gasteiger partial charge in [0.2, 0.25) is 0 Å². The minimum Gasteiger partial charge on any atom is -0.298 e. The third-order valence-corrected chi connectivity index (χ3v) is 5.50. The van der Waals surface area contributed by atoms with Gasteiger partial charge in [0.15, 0.2) is 0 Å². The summed E-state index contributed by atoms with van der Waals surface area (Å²) in [6.07, 6.45) is 8.42. The molecule has 1 atom stereocenters. The molecule has 5 nitrogen and oxygen atoms in total. The van der Waals surface area contributed by atoms with Crippen molar-refractivity contribution in [3.05, 3.63) is 70.1 Å². The SMILES string of the molecule is C=c1cccc/c1=C/C(=C\C)CN1CCC[C@@H](c2cc(C)nc3ncnn23)C1. The van der Waals surface area contributed by atoms with E-state index in [1.54, 1.807) is 6.33 Å². The van der Waals surface area contributed by atoms with Crippen LogP contribution in [0.4, 0.5) is 0 Å². The van der Waals surface area contributed by atoms with Gasteiger partial charge in [-0.1, -0.05) is 43.0 Å². The summed E-state index contributed by atoms with van der Waals surface area (Å²) >= 11 is 0. The lowest BCUT2D eigenvalue weighted by Crippen LogP contribution is -2.36. The van der Waals surface area contributed by atoms with E-state index in [-0.39, 0.29) is 0 Å². The van der Waals surface area contributed by atoms with Crippen molar-refractivity contribution in [3.8, 4) is 0 Å². The standard InChI is InChI=1S/C23H27N5/c1-4-19(13-20-9-6-5-8-17(20)2)14-27-11-7-10-21(15-27)22-12-18(3)26-23-24-16-25-28(22)23/h4-6,8-9,12-13,16,21H,2,7,10-11,14-15H2,1,3H3/b19-4+,20-13-/t21-/m1/s1. The van der Waals surface area contributed by atoms with Crippen LogP contribution in [0.3, 0.4) is 0 Å². The molecule has 1 aliphatic heterocycles. The van der Waals surface area contributed by atoms with Gasteiger partial charge in [0.05, 0.1) is 5.69 Å². The van der Waals surface area contributed by atoms with E-state index in [1.165, 1.54) is 29.3 Å². The van der Waals surface area contributed by atoms with Crippen LogP contribution in [0.5, 0.6) is 0 Å². The number of hydrogen-bond donors (Lipinski definition) is 0. The molecule has 28 heavy (non-hydrogen) atoms. The van der Waals surface area contributed by atoms with Gasteiger partial charge in [-0.3, -0.25) is 4.90 Å². The zero-order valence-corrected chi connectivity index (χ0v) is 16.7. The summed E-state index contributed by atoms with van der Waals surface area (Å²) in [7, 11) is 0. The van der Waals surface area contributed by atoms with Crippen molar-refractivity contribution >= 4 is 18.4 Å². The number of allylic oxidation sites excluding steroid dienone is 1. The Morgan fingerprint density at radius 3 is 3.00 bits per heavy atom. The number of aromatic nitrogens is 4. The number of hydrogen-bond acceptors (Lipinski definition) is 4. The second kappa shape index (κ2) is 8.07. The Morgan fingerprint density at radius 2 is 2.18 bits per heavy atom. The fourth-order valence-electron chi connectivity index (χ4n) is 4.04. The number of aryl methyl sites for hydroxylation is 1. The average molecular weight is 374 g/mol. The third-order valence-electron chi connectivity index (χ3n) is 5.50. The number of piperidine rings is 1. The van der Waals surface area contributed by atoms with Gasteiger partial charge < -0.3 is 0 Å². The van der Waals surface area contributed by atoms with Gasteiger partial charge in [0.1, 0.15) is 6.33 Å². The van der Waals surface area contributed by atoms with Crippen molar-refractivity contribution in [3.63, 3.8) is 0 Å². The summed E-state index contributed by atoms with van der Waals surface area (Å²) < 4.78 is 1.91. The van der Waals surface area contributed by atoms with Crippen LogP contribution >= 0.6 is 0 Å². The zero-order valence-electron chi connectivity index (χ0n) is 16.7. The molecule has 1 fully saturated rings. The Bertz CT molecular complexity index is 1110. The van der Waals surface area contributed by atoms with Crippen LogP contribution in [0.25, 0.3) is 18.4 Å². The molecule has 1 aliphatic rings. The molecule has 0 spiro atoms. The van der Waals surface area contributed by atoms with Crippen molar-refractivity contribution in [1.29, 1.82) is 0 Å². The van der Waals surface area contributed by atoms with Crippen molar-refractivity contribution in [1.82, 2.24) is 24.5 Å². The van der Waals surface area contributed by atoms with Gasteiger partial charge in [-0.25, -0.2) is 9.50 Å². The van der Waals surface area contributed by atoms with Crippen LogP contribution in [0, 0.1) is 6.92 Å². The van der Waals surface area contributed by atoms with Crippen LogP contribution in [0.15, 0.2) is 48.3 Å². The van der Waals surface area contributed by atoms with Crippen molar-refractivity contribution in [2.75, 3.05) is 19.6 Å². The van der Waals surface area contributed by atoms with E-state index in [9.17, 15) is 0 Å². The molecule has 1 saturated heterocycles. The predicted octanol–water partition coefficient (Wildman–Crippen LogP) is 2.45. The molecule has 3 aromatic rings. The Kier molecular flexibility index (Phi) is 5.35. The average Bonchev–Trinajstić information content (AvgIpc) is 3.17. The van der Waals surface area contributed by atoms with Crippen LogP contribution in [0.1, 0.15) is 37.1 Å². The molecule has 4 rings (SSSR count). The second-order valence-corrected chi connectivity index (χ2v) is 7.58. The van der Waals surface area contributed by atoms with E-state index in [1.807, 2.05) is 17.5 Å². The quantitative estimate of drug-likeness (QED) is 0.705. The maximum Gasteiger partial charge on any atom is 0.252 e. The molecular formula is C23H27N5. The summed E-state index contributed by atoms with van der Waals surface area (Å²) in [6.45, 7) is 11.4. The molecule has 0 N–H and O–H groups in total. The van der Waals surface area contributed by atoms with Crippen LogP contribution in [-0.2, 0) is 0 Å². The Hall–Kier alpha value is -2.79. The fourth-order valence-corrected chi connectivity index (χ4v) is 4.04. The van der Waals surface area contributed by atoms with Crippen LogP contribution < -0.4 is 10.4 Å². The van der Waals surface area contributed by atoms with E-state index in [4.69, 9.17) is 0 Å². The minimum atomic E-state index is 0.442. The Labute approximate surface area is 165 Å². The summed E-state index contributed by atoms with van der Waals surface area (Å²) in [5.74, 6) is 1.14. The van der Waals surface area contributed by atoms with Gasteiger partial charge in [-0.15, -0.1) is 0 Å². The lowest BCUT2D eigenvalue weighted by molar-refractivity contribution is 0.222. The molecule has 3 heterocycles. The van der Waals surface area contributed by atoms with Gasteiger partial charge in [-0.2, -0.15) is 10.1 Å². The minimum absolute atomic E-state index is 0.442. The molecule has 0 amide bonds. The van der Waals surface area contributed by atoms with Gasteiger partial charge >= 0.3 is 0 Å². The van der Waals surface area contributed by atoms with E-state index >= 15 is 0 Å². The summed E-state index contributed by atoms with van der Waals surface area (Å²) in [5.41, 5.74) is 3.55. The highest BCUT2D eigenvalue weighted by Gasteiger charge is 2.24. The maximum atomic E-state index is 4.48. The summed E-state index contributed by atoms with van der Waals surface area (Å²) in [5, 5.41) is 6.66. The highest BCUT2D eigenvalue weighted by Crippen LogP contribution is 2.27. The van der Waals surface area contributed by atoms with Gasteiger partial charge in [0.25, 0.3) is 5.78 Å². The number of rotatable bonds is 4. The maximum absolute atomic E-state index is 4.48. The lowest BCUT2D eigenvalue weighted by Gasteiger charge is -2.33. The van der Waals surface area contributed by atoms with Crippen LogP contribution in [-0.4, -0.2) is 44.1 Å². The first-order chi connectivity index (χ1) is 13.6. The largest absolute Gasteiger partial charge is 0.298 e. The first kappa shape index (κ1) is 18.6. The van der Waals surface area contributed by atoms with E-state index in [0.29, 0.717) is 11.7 Å². The molecular weight excluding hydrogens is 346 g/mol. The highest BCUT2D eigenvalue weighted by molar-refractivity contribution is 5.47. The van der Waals surface area contributed by atoms with Crippen molar-refractivity contribution in [2.24, 2.45) is 0 Å². The van der Waals surface area contributed by atoms with Crippen molar-refractivity contribution < 1.29 is 0 Å². The summed E-state index contributed by atoms with van der Waals surface area (Å²) in [4.78, 5) is 11.3. The molecule has 0 aliphatic carbocycles. The number of nitrogens with zero attached hydrogens (tertiary/aromatic N) is 5. The summed E-state index contributed by atoms with van der Waals surface area (Å²) in [6, 6.07) is 10.5. The van der Waals surface area contributed by atoms with E-state index in [0.717, 1.165) is 30.5 Å². The second-order valence-electron chi connectivity index (χ2n) is 7.58. The lowest BCUT2D eigenvalue weighted by atomic mass is 9.93. The molecule has 0 saturated carbocycles. The number of fused-ring (bicyclic) bond motifs is 1. The molecule has 5 heteroatoms. The van der Waals surface area contributed by atoms with E-state index < -0.39 is 0 Å². The van der Waals surface area contributed by atoms with E-state index in [2.05, 4.69) is 69.9 Å². The molecule has 0 bridgehead atoms. The molecule has 2 aromatic heterocycles. The Balaban J connectivity index is 1.55. The van der Waals surface area contributed by atoms with Gasteiger partial charge in [-0.05, 0) is 55.3 Å². The topological polar surface area (TPSA) is 46.3 Å². The zero-order chi connectivity index (χ0) is 19.5.